The van der Waals surface area contributed by atoms with E-state index in [0.29, 0.717) is 31.3 Å². The van der Waals surface area contributed by atoms with Crippen LogP contribution in [0.15, 0.2) is 53.5 Å². The van der Waals surface area contributed by atoms with Gasteiger partial charge in [0.2, 0.25) is 5.91 Å². The molecule has 0 fully saturated rings. The van der Waals surface area contributed by atoms with Crippen molar-refractivity contribution in [2.24, 2.45) is 0 Å². The first-order chi connectivity index (χ1) is 14.1. The van der Waals surface area contributed by atoms with Crippen LogP contribution >= 0.6 is 15.9 Å². The maximum absolute atomic E-state index is 12.4. The van der Waals surface area contributed by atoms with Crippen LogP contribution in [0.25, 0.3) is 5.69 Å². The zero-order chi connectivity index (χ0) is 20.6. The quantitative estimate of drug-likeness (QED) is 0.528. The Kier molecular flexibility index (Phi) is 7.24. The molecule has 29 heavy (non-hydrogen) atoms. The predicted molar refractivity (Wildman–Crippen MR) is 113 cm³/mol. The van der Waals surface area contributed by atoms with Gasteiger partial charge < -0.3 is 14.8 Å². The van der Waals surface area contributed by atoms with Gasteiger partial charge in [0.15, 0.2) is 11.5 Å². The number of ether oxygens (including phenoxy) is 2. The molecule has 3 rings (SSSR count). The number of carbonyl (C=O) groups excluding carboxylic acids is 1. The van der Waals surface area contributed by atoms with Crippen molar-refractivity contribution in [2.45, 2.75) is 26.8 Å². The fraction of sp³-hybridized carbons (Fsp3) is 0.286. The molecule has 1 heterocycles. The number of nitrogens with one attached hydrogen (secondary N) is 1. The van der Waals surface area contributed by atoms with Crippen molar-refractivity contribution >= 4 is 21.8 Å². The molecule has 8 heteroatoms. The summed E-state index contributed by atoms with van der Waals surface area (Å²) >= 11 is 3.52. The number of nitrogens with zero attached hydrogens (tertiary/aromatic N) is 3. The van der Waals surface area contributed by atoms with Crippen molar-refractivity contribution in [1.29, 1.82) is 0 Å². The van der Waals surface area contributed by atoms with Crippen LogP contribution in [0.2, 0.25) is 0 Å². The van der Waals surface area contributed by atoms with E-state index in [1.165, 1.54) is 6.33 Å². The van der Waals surface area contributed by atoms with Crippen molar-refractivity contribution in [3.05, 3.63) is 64.7 Å². The Morgan fingerprint density at radius 2 is 1.79 bits per heavy atom. The first kappa shape index (κ1) is 20.9. The molecule has 0 radical (unpaired) electrons. The summed E-state index contributed by atoms with van der Waals surface area (Å²) in [5.74, 6) is 1.24. The predicted octanol–water partition coefficient (Wildman–Crippen LogP) is 3.69. The minimum absolute atomic E-state index is 0.0716. The lowest BCUT2D eigenvalue weighted by atomic mass is 10.1. The maximum atomic E-state index is 12.4. The second-order valence-electron chi connectivity index (χ2n) is 6.22. The SMILES string of the molecule is CCOc1cc(Br)c(CC(=O)NCc2ccc(-n3cncn3)cc2)cc1OCC. The Morgan fingerprint density at radius 1 is 1.10 bits per heavy atom. The summed E-state index contributed by atoms with van der Waals surface area (Å²) in [6.07, 6.45) is 3.37. The van der Waals surface area contributed by atoms with Gasteiger partial charge >= 0.3 is 0 Å². The minimum Gasteiger partial charge on any atom is -0.490 e. The van der Waals surface area contributed by atoms with Crippen LogP contribution < -0.4 is 14.8 Å². The summed E-state index contributed by atoms with van der Waals surface area (Å²) in [6.45, 7) is 5.35. The minimum atomic E-state index is -0.0716. The molecule has 1 N–H and O–H groups in total. The maximum Gasteiger partial charge on any atom is 0.224 e. The van der Waals surface area contributed by atoms with E-state index < -0.39 is 0 Å². The van der Waals surface area contributed by atoms with Gasteiger partial charge in [0, 0.05) is 11.0 Å². The zero-order valence-electron chi connectivity index (χ0n) is 16.4. The van der Waals surface area contributed by atoms with E-state index in [4.69, 9.17) is 9.47 Å². The van der Waals surface area contributed by atoms with Crippen molar-refractivity contribution in [3.63, 3.8) is 0 Å². The van der Waals surface area contributed by atoms with Crippen LogP contribution in [-0.2, 0) is 17.8 Å². The van der Waals surface area contributed by atoms with Crippen LogP contribution in [0.1, 0.15) is 25.0 Å². The van der Waals surface area contributed by atoms with E-state index >= 15 is 0 Å². The average Bonchev–Trinajstić information content (AvgIpc) is 3.25. The summed E-state index contributed by atoms with van der Waals surface area (Å²) < 4.78 is 13.8. The molecule has 0 saturated heterocycles. The standard InChI is InChI=1S/C21H23BrN4O3/c1-3-28-19-9-16(18(22)11-20(19)29-4-2)10-21(27)24-12-15-5-7-17(8-6-15)26-14-23-13-25-26/h5-9,11,13-14H,3-4,10,12H2,1-2H3,(H,24,27). The van der Waals surface area contributed by atoms with Crippen LogP contribution in [0, 0.1) is 0 Å². The molecule has 7 nitrogen and oxygen atoms in total. The molecule has 3 aromatic rings. The first-order valence-electron chi connectivity index (χ1n) is 9.39. The normalized spacial score (nSPS) is 10.6. The molecular formula is C21H23BrN4O3. The van der Waals surface area contributed by atoms with Gasteiger partial charge in [-0.2, -0.15) is 5.10 Å². The summed E-state index contributed by atoms with van der Waals surface area (Å²) in [7, 11) is 0. The highest BCUT2D eigenvalue weighted by Gasteiger charge is 2.13. The number of aromatic nitrogens is 3. The lowest BCUT2D eigenvalue weighted by Crippen LogP contribution is -2.24. The molecule has 0 atom stereocenters. The fourth-order valence-electron chi connectivity index (χ4n) is 2.79. The molecule has 0 bridgehead atoms. The Morgan fingerprint density at radius 3 is 2.41 bits per heavy atom. The molecule has 0 aliphatic rings. The Balaban J connectivity index is 1.61. The molecule has 1 aromatic heterocycles. The number of carbonyl (C=O) groups is 1. The van der Waals surface area contributed by atoms with Gasteiger partial charge in [-0.3, -0.25) is 4.79 Å². The number of benzene rings is 2. The zero-order valence-corrected chi connectivity index (χ0v) is 18.0. The molecule has 0 spiro atoms. The Labute approximate surface area is 178 Å². The van der Waals surface area contributed by atoms with Crippen molar-refractivity contribution < 1.29 is 14.3 Å². The lowest BCUT2D eigenvalue weighted by Gasteiger charge is -2.14. The number of rotatable bonds is 9. The summed E-state index contributed by atoms with van der Waals surface area (Å²) in [5.41, 5.74) is 2.76. The van der Waals surface area contributed by atoms with E-state index in [-0.39, 0.29) is 12.3 Å². The molecule has 152 valence electrons. The molecule has 0 aliphatic carbocycles. The summed E-state index contributed by atoms with van der Waals surface area (Å²) in [4.78, 5) is 16.4. The third kappa shape index (κ3) is 5.57. The number of hydrogen-bond acceptors (Lipinski definition) is 5. The highest BCUT2D eigenvalue weighted by Crippen LogP contribution is 2.34. The first-order valence-corrected chi connectivity index (χ1v) is 10.2. The van der Waals surface area contributed by atoms with Crippen molar-refractivity contribution in [2.75, 3.05) is 13.2 Å². The third-order valence-corrected chi connectivity index (χ3v) is 4.91. The van der Waals surface area contributed by atoms with Crippen LogP contribution in [0.3, 0.4) is 0 Å². The molecule has 2 aromatic carbocycles. The van der Waals surface area contributed by atoms with Gasteiger partial charge in [-0.1, -0.05) is 28.1 Å². The lowest BCUT2D eigenvalue weighted by molar-refractivity contribution is -0.120. The second kappa shape index (κ2) is 10.1. The highest BCUT2D eigenvalue weighted by molar-refractivity contribution is 9.10. The van der Waals surface area contributed by atoms with Gasteiger partial charge in [-0.05, 0) is 49.2 Å². The van der Waals surface area contributed by atoms with Gasteiger partial charge in [0.25, 0.3) is 0 Å². The molecule has 0 saturated carbocycles. The number of halogens is 1. The van der Waals surface area contributed by atoms with E-state index in [9.17, 15) is 4.79 Å². The Hall–Kier alpha value is -2.87. The number of hydrogen-bond donors (Lipinski definition) is 1. The molecule has 0 aliphatic heterocycles. The van der Waals surface area contributed by atoms with Gasteiger partial charge in [0.05, 0.1) is 25.3 Å². The van der Waals surface area contributed by atoms with Crippen molar-refractivity contribution in [1.82, 2.24) is 20.1 Å². The molecule has 1 amide bonds. The van der Waals surface area contributed by atoms with Crippen LogP contribution in [-0.4, -0.2) is 33.9 Å². The summed E-state index contributed by atoms with van der Waals surface area (Å²) in [6, 6.07) is 11.5. The van der Waals surface area contributed by atoms with Gasteiger partial charge in [-0.25, -0.2) is 9.67 Å². The average molecular weight is 459 g/mol. The number of amides is 1. The summed E-state index contributed by atoms with van der Waals surface area (Å²) in [5, 5.41) is 7.05. The Bertz CT molecular complexity index is 943. The second-order valence-corrected chi connectivity index (χ2v) is 7.07. The smallest absolute Gasteiger partial charge is 0.224 e. The van der Waals surface area contributed by atoms with Gasteiger partial charge in [-0.15, -0.1) is 0 Å². The highest BCUT2D eigenvalue weighted by atomic mass is 79.9. The van der Waals surface area contributed by atoms with Gasteiger partial charge in [0.1, 0.15) is 12.7 Å². The van der Waals surface area contributed by atoms with Crippen molar-refractivity contribution in [3.8, 4) is 17.2 Å². The monoisotopic (exact) mass is 458 g/mol. The van der Waals surface area contributed by atoms with E-state index in [0.717, 1.165) is 21.3 Å². The third-order valence-electron chi connectivity index (χ3n) is 4.17. The van der Waals surface area contributed by atoms with E-state index in [1.54, 1.807) is 11.0 Å². The largest absolute Gasteiger partial charge is 0.490 e. The molecular weight excluding hydrogens is 436 g/mol. The van der Waals surface area contributed by atoms with E-state index in [1.807, 2.05) is 50.2 Å². The van der Waals surface area contributed by atoms with Crippen LogP contribution in [0.4, 0.5) is 0 Å². The van der Waals surface area contributed by atoms with E-state index in [2.05, 4.69) is 31.3 Å². The van der Waals surface area contributed by atoms with Crippen LogP contribution in [0.5, 0.6) is 11.5 Å². The fourth-order valence-corrected chi connectivity index (χ4v) is 3.26. The molecule has 0 unspecified atom stereocenters. The topological polar surface area (TPSA) is 78.3 Å².